The van der Waals surface area contributed by atoms with Gasteiger partial charge in [-0.05, 0) is 68.4 Å². The van der Waals surface area contributed by atoms with E-state index in [9.17, 15) is 4.79 Å². The summed E-state index contributed by atoms with van der Waals surface area (Å²) >= 11 is 0. The summed E-state index contributed by atoms with van der Waals surface area (Å²) in [5, 5.41) is 7.26. The van der Waals surface area contributed by atoms with Gasteiger partial charge in [0.05, 0.1) is 12.0 Å². The van der Waals surface area contributed by atoms with Crippen molar-refractivity contribution in [2.75, 3.05) is 11.9 Å². The quantitative estimate of drug-likeness (QED) is 0.849. The normalized spacial score (nSPS) is 31.0. The lowest BCUT2D eigenvalue weighted by Crippen LogP contribution is -2.51. The number of nitrogens with one attached hydrogen (secondary N) is 1. The average molecular weight is 366 g/mol. The Balaban J connectivity index is 1.22. The van der Waals surface area contributed by atoms with Crippen LogP contribution in [0.3, 0.4) is 0 Å². The molecule has 4 aliphatic rings. The molecular weight excluding hydrogens is 340 g/mol. The van der Waals surface area contributed by atoms with E-state index < -0.39 is 0 Å². The van der Waals surface area contributed by atoms with E-state index in [1.54, 1.807) is 11.0 Å². The predicted molar refractivity (Wildman–Crippen MR) is 101 cm³/mol. The van der Waals surface area contributed by atoms with E-state index in [1.807, 2.05) is 24.3 Å². The first kappa shape index (κ1) is 16.8. The summed E-state index contributed by atoms with van der Waals surface area (Å²) in [6.45, 7) is 1.15. The van der Waals surface area contributed by atoms with Crippen LogP contribution in [0.25, 0.3) is 0 Å². The first-order valence-electron chi connectivity index (χ1n) is 10.1. The molecule has 0 unspecified atom stereocenters. The molecule has 0 spiro atoms. The third-order valence-corrected chi connectivity index (χ3v) is 6.67. The van der Waals surface area contributed by atoms with Gasteiger partial charge < -0.3 is 10.1 Å². The molecule has 1 aromatic heterocycles. The first-order valence-corrected chi connectivity index (χ1v) is 10.1. The van der Waals surface area contributed by atoms with E-state index >= 15 is 0 Å². The van der Waals surface area contributed by atoms with Crippen LogP contribution in [0.5, 0.6) is 5.75 Å². The summed E-state index contributed by atoms with van der Waals surface area (Å²) in [5.41, 5.74) is 0.701. The Kier molecular flexibility index (Phi) is 4.14. The molecule has 2 aromatic rings. The molecule has 27 heavy (non-hydrogen) atoms. The number of rotatable bonds is 6. The smallest absolute Gasteiger partial charge is 0.230 e. The number of anilines is 1. The van der Waals surface area contributed by atoms with Crippen molar-refractivity contribution >= 4 is 11.6 Å². The van der Waals surface area contributed by atoms with Gasteiger partial charge in [-0.2, -0.15) is 5.10 Å². The van der Waals surface area contributed by atoms with Crippen LogP contribution >= 0.6 is 0 Å². The molecule has 0 atom stereocenters. The second-order valence-electron chi connectivity index (χ2n) is 8.69. The fourth-order valence-electron chi connectivity index (χ4n) is 5.92. The van der Waals surface area contributed by atoms with Crippen LogP contribution in [0, 0.1) is 23.2 Å². The molecule has 0 radical (unpaired) electrons. The summed E-state index contributed by atoms with van der Waals surface area (Å²) < 4.78 is 7.55. The lowest BCUT2D eigenvalue weighted by atomic mass is 9.49. The zero-order valence-corrected chi connectivity index (χ0v) is 15.5. The fourth-order valence-corrected chi connectivity index (χ4v) is 5.92. The molecule has 4 saturated carbocycles. The minimum atomic E-state index is -0.126. The van der Waals surface area contributed by atoms with E-state index in [-0.39, 0.29) is 11.3 Å². The number of hydrogen-bond donors (Lipinski definition) is 1. The number of carbonyl (C=O) groups is 1. The van der Waals surface area contributed by atoms with Crippen molar-refractivity contribution in [3.05, 3.63) is 36.9 Å². The van der Waals surface area contributed by atoms with Gasteiger partial charge in [0.2, 0.25) is 5.91 Å². The number of carbonyl (C=O) groups excluding carboxylic acids is 1. The van der Waals surface area contributed by atoms with Crippen molar-refractivity contribution < 1.29 is 9.53 Å². The van der Waals surface area contributed by atoms with Gasteiger partial charge in [-0.1, -0.05) is 6.07 Å². The van der Waals surface area contributed by atoms with Crippen LogP contribution < -0.4 is 10.1 Å². The maximum Gasteiger partial charge on any atom is 0.230 e. The minimum absolute atomic E-state index is 0.126. The SMILES string of the molecule is O=C(Nc1cccc(OCCn2cncn2)c1)C12CC3CC(CC(C3)C1)C2. The topological polar surface area (TPSA) is 69.0 Å². The van der Waals surface area contributed by atoms with Gasteiger partial charge in [-0.15, -0.1) is 0 Å². The lowest BCUT2D eigenvalue weighted by Gasteiger charge is -2.55. The minimum Gasteiger partial charge on any atom is -0.492 e. The van der Waals surface area contributed by atoms with Crippen LogP contribution in [-0.2, 0) is 11.3 Å². The highest BCUT2D eigenvalue weighted by Gasteiger charge is 2.54. The van der Waals surface area contributed by atoms with Crippen molar-refractivity contribution in [3.8, 4) is 5.75 Å². The predicted octanol–water partition coefficient (Wildman–Crippen LogP) is 3.51. The van der Waals surface area contributed by atoms with Gasteiger partial charge in [0, 0.05) is 11.8 Å². The summed E-state index contributed by atoms with van der Waals surface area (Å²) in [6.07, 6.45) is 10.5. The maximum absolute atomic E-state index is 13.2. The highest BCUT2D eigenvalue weighted by Crippen LogP contribution is 2.60. The Labute approximate surface area is 159 Å². The largest absolute Gasteiger partial charge is 0.492 e. The lowest BCUT2D eigenvalue weighted by molar-refractivity contribution is -0.140. The van der Waals surface area contributed by atoms with E-state index in [1.165, 1.54) is 25.6 Å². The first-order chi connectivity index (χ1) is 13.2. The number of hydrogen-bond acceptors (Lipinski definition) is 4. The van der Waals surface area contributed by atoms with E-state index in [4.69, 9.17) is 4.74 Å². The third-order valence-electron chi connectivity index (χ3n) is 6.67. The zero-order chi connectivity index (χ0) is 18.3. The molecule has 142 valence electrons. The van der Waals surface area contributed by atoms with Crippen molar-refractivity contribution in [2.24, 2.45) is 23.2 Å². The zero-order valence-electron chi connectivity index (χ0n) is 15.5. The van der Waals surface area contributed by atoms with Crippen LogP contribution in [0.1, 0.15) is 38.5 Å². The van der Waals surface area contributed by atoms with E-state index in [2.05, 4.69) is 15.4 Å². The molecule has 6 nitrogen and oxygen atoms in total. The summed E-state index contributed by atoms with van der Waals surface area (Å²) in [6, 6.07) is 7.71. The summed E-state index contributed by atoms with van der Waals surface area (Å²) in [4.78, 5) is 17.1. The van der Waals surface area contributed by atoms with Gasteiger partial charge in [-0.25, -0.2) is 9.67 Å². The van der Waals surface area contributed by atoms with Crippen LogP contribution in [-0.4, -0.2) is 27.3 Å². The number of nitrogens with zero attached hydrogens (tertiary/aromatic N) is 3. The van der Waals surface area contributed by atoms with Crippen molar-refractivity contribution in [3.63, 3.8) is 0 Å². The summed E-state index contributed by atoms with van der Waals surface area (Å²) in [5.74, 6) is 3.30. The molecule has 0 aliphatic heterocycles. The number of amides is 1. The molecule has 1 amide bonds. The average Bonchev–Trinajstić information content (AvgIpc) is 3.14. The van der Waals surface area contributed by atoms with Crippen molar-refractivity contribution in [1.82, 2.24) is 14.8 Å². The fraction of sp³-hybridized carbons (Fsp3) is 0.571. The van der Waals surface area contributed by atoms with Gasteiger partial charge in [0.15, 0.2) is 0 Å². The molecule has 6 rings (SSSR count). The van der Waals surface area contributed by atoms with Crippen molar-refractivity contribution in [1.29, 1.82) is 0 Å². The van der Waals surface area contributed by atoms with Crippen LogP contribution in [0.15, 0.2) is 36.9 Å². The van der Waals surface area contributed by atoms with E-state index in [0.717, 1.165) is 48.5 Å². The Morgan fingerprint density at radius 2 is 1.93 bits per heavy atom. The van der Waals surface area contributed by atoms with Gasteiger partial charge in [0.1, 0.15) is 25.0 Å². The Morgan fingerprint density at radius 1 is 1.19 bits per heavy atom. The monoisotopic (exact) mass is 366 g/mol. The molecule has 4 aliphatic carbocycles. The van der Waals surface area contributed by atoms with Crippen LogP contribution in [0.2, 0.25) is 0 Å². The number of ether oxygens (including phenoxy) is 1. The molecule has 1 heterocycles. The molecular formula is C21H26N4O2. The van der Waals surface area contributed by atoms with Gasteiger partial charge >= 0.3 is 0 Å². The second kappa shape index (κ2) is 6.66. The molecule has 6 heteroatoms. The molecule has 4 bridgehead atoms. The number of aromatic nitrogens is 3. The highest BCUT2D eigenvalue weighted by molar-refractivity contribution is 5.95. The Hall–Kier alpha value is -2.37. The molecule has 4 fully saturated rings. The van der Waals surface area contributed by atoms with Gasteiger partial charge in [0.25, 0.3) is 0 Å². The molecule has 1 N–H and O–H groups in total. The molecule has 1 aromatic carbocycles. The Morgan fingerprint density at radius 3 is 2.59 bits per heavy atom. The maximum atomic E-state index is 13.2. The summed E-state index contributed by atoms with van der Waals surface area (Å²) in [7, 11) is 0. The van der Waals surface area contributed by atoms with E-state index in [0.29, 0.717) is 13.2 Å². The third kappa shape index (κ3) is 3.33. The van der Waals surface area contributed by atoms with Gasteiger partial charge in [-0.3, -0.25) is 4.79 Å². The van der Waals surface area contributed by atoms with Crippen molar-refractivity contribution in [2.45, 2.75) is 45.1 Å². The Bertz CT molecular complexity index is 782. The standard InChI is InChI=1S/C21H26N4O2/c26-20(21-10-15-6-16(11-21)8-17(7-15)12-21)24-18-2-1-3-19(9-18)27-5-4-25-14-22-13-23-25/h1-3,9,13-17H,4-8,10-12H2,(H,24,26). The number of benzene rings is 1. The highest BCUT2D eigenvalue weighted by atomic mass is 16.5. The molecule has 0 saturated heterocycles. The second-order valence-corrected chi connectivity index (χ2v) is 8.69. The van der Waals surface area contributed by atoms with Crippen LogP contribution in [0.4, 0.5) is 5.69 Å².